The number of hydrogen-bond acceptors (Lipinski definition) is 3. The molecule has 1 atom stereocenters. The highest BCUT2D eigenvalue weighted by Gasteiger charge is 2.22. The van der Waals surface area contributed by atoms with E-state index < -0.39 is 36.0 Å². The molecule has 0 spiro atoms. The number of amides is 1. The topological polar surface area (TPSA) is 55.4 Å². The molecular formula is C17H23F2NO3. The van der Waals surface area contributed by atoms with Crippen molar-refractivity contribution < 1.29 is 23.1 Å². The lowest BCUT2D eigenvalue weighted by Crippen LogP contribution is -2.42. The molecule has 1 aromatic rings. The number of rotatable bonds is 9. The lowest BCUT2D eigenvalue weighted by molar-refractivity contribution is -0.145. The third-order valence-electron chi connectivity index (χ3n) is 3.57. The number of ether oxygens (including phenoxy) is 1. The monoisotopic (exact) mass is 327 g/mol. The molecule has 4 nitrogen and oxygen atoms in total. The van der Waals surface area contributed by atoms with Crippen LogP contribution in [0.3, 0.4) is 0 Å². The van der Waals surface area contributed by atoms with Gasteiger partial charge in [0, 0.05) is 5.56 Å². The van der Waals surface area contributed by atoms with Crippen LogP contribution in [-0.4, -0.2) is 25.0 Å². The molecule has 0 aliphatic rings. The molecule has 0 saturated heterocycles. The molecular weight excluding hydrogens is 304 g/mol. The van der Waals surface area contributed by atoms with Crippen molar-refractivity contribution in [3.8, 4) is 0 Å². The molecule has 0 unspecified atom stereocenters. The van der Waals surface area contributed by atoms with Gasteiger partial charge in [0.05, 0.1) is 13.5 Å². The fourth-order valence-corrected chi connectivity index (χ4v) is 2.27. The number of methoxy groups -OCH3 is 1. The summed E-state index contributed by atoms with van der Waals surface area (Å²) in [5, 5.41) is 2.50. The molecule has 1 amide bonds. The molecule has 1 rings (SSSR count). The highest BCUT2D eigenvalue weighted by atomic mass is 19.1. The minimum Gasteiger partial charge on any atom is -0.467 e. The summed E-state index contributed by atoms with van der Waals surface area (Å²) in [6.07, 6.45) is 3.80. The van der Waals surface area contributed by atoms with Gasteiger partial charge in [-0.05, 0) is 18.6 Å². The van der Waals surface area contributed by atoms with E-state index in [4.69, 9.17) is 0 Å². The third-order valence-corrected chi connectivity index (χ3v) is 3.57. The molecule has 23 heavy (non-hydrogen) atoms. The molecule has 1 N–H and O–H groups in total. The highest BCUT2D eigenvalue weighted by molar-refractivity contribution is 5.85. The quantitative estimate of drug-likeness (QED) is 0.560. The van der Waals surface area contributed by atoms with E-state index in [0.29, 0.717) is 6.42 Å². The standard InChI is InChI=1S/C17H23F2NO3/c1-3-4-5-6-10-15(17(22)23-2)20-16(21)11-12-13(18)8-7-9-14(12)19/h7-9,15H,3-6,10-11H2,1-2H3,(H,20,21)/t15-/m1/s1. The summed E-state index contributed by atoms with van der Waals surface area (Å²) in [6.45, 7) is 2.07. The lowest BCUT2D eigenvalue weighted by atomic mass is 10.1. The molecule has 1 aromatic carbocycles. The van der Waals surface area contributed by atoms with Crippen LogP contribution in [0.15, 0.2) is 18.2 Å². The summed E-state index contributed by atoms with van der Waals surface area (Å²) >= 11 is 0. The number of halogens is 2. The SMILES string of the molecule is CCCCCC[C@@H](NC(=O)Cc1c(F)cccc1F)C(=O)OC. The van der Waals surface area contributed by atoms with Crippen LogP contribution in [-0.2, 0) is 20.7 Å². The van der Waals surface area contributed by atoms with Crippen LogP contribution in [0.25, 0.3) is 0 Å². The second-order valence-electron chi connectivity index (χ2n) is 5.37. The van der Waals surface area contributed by atoms with Crippen LogP contribution in [0.5, 0.6) is 0 Å². The van der Waals surface area contributed by atoms with Crippen molar-refractivity contribution in [2.45, 2.75) is 51.5 Å². The molecule has 0 bridgehead atoms. The van der Waals surface area contributed by atoms with Crippen molar-refractivity contribution in [1.82, 2.24) is 5.32 Å². The Hall–Kier alpha value is -1.98. The van der Waals surface area contributed by atoms with Gasteiger partial charge in [0.15, 0.2) is 0 Å². The Morgan fingerprint density at radius 3 is 2.39 bits per heavy atom. The van der Waals surface area contributed by atoms with Crippen molar-refractivity contribution in [3.63, 3.8) is 0 Å². The van der Waals surface area contributed by atoms with Crippen molar-refractivity contribution in [2.24, 2.45) is 0 Å². The van der Waals surface area contributed by atoms with E-state index in [1.165, 1.54) is 13.2 Å². The molecule has 0 aliphatic heterocycles. The average Bonchev–Trinajstić information content (AvgIpc) is 2.53. The van der Waals surface area contributed by atoms with Gasteiger partial charge in [-0.25, -0.2) is 13.6 Å². The van der Waals surface area contributed by atoms with E-state index in [1.54, 1.807) is 0 Å². The van der Waals surface area contributed by atoms with E-state index in [1.807, 2.05) is 0 Å². The first-order valence-corrected chi connectivity index (χ1v) is 7.79. The van der Waals surface area contributed by atoms with E-state index in [-0.39, 0.29) is 5.56 Å². The number of benzene rings is 1. The molecule has 0 aromatic heterocycles. The zero-order chi connectivity index (χ0) is 17.2. The number of nitrogens with one attached hydrogen (secondary N) is 1. The van der Waals surface area contributed by atoms with E-state index in [2.05, 4.69) is 17.0 Å². The van der Waals surface area contributed by atoms with Crippen LogP contribution < -0.4 is 5.32 Å². The third kappa shape index (κ3) is 6.34. The first-order chi connectivity index (χ1) is 11.0. The van der Waals surface area contributed by atoms with Gasteiger partial charge in [-0.15, -0.1) is 0 Å². The van der Waals surface area contributed by atoms with Gasteiger partial charge in [0.1, 0.15) is 17.7 Å². The Morgan fingerprint density at radius 1 is 1.17 bits per heavy atom. The summed E-state index contributed by atoms with van der Waals surface area (Å²) in [5.74, 6) is -2.72. The van der Waals surface area contributed by atoms with Crippen molar-refractivity contribution in [2.75, 3.05) is 7.11 Å². The average molecular weight is 327 g/mol. The second-order valence-corrected chi connectivity index (χ2v) is 5.37. The van der Waals surface area contributed by atoms with E-state index >= 15 is 0 Å². The Balaban J connectivity index is 2.64. The summed E-state index contributed by atoms with van der Waals surface area (Å²) in [6, 6.07) is 2.62. The Bertz CT molecular complexity index is 514. The van der Waals surface area contributed by atoms with Crippen molar-refractivity contribution >= 4 is 11.9 Å². The predicted molar refractivity (Wildman–Crippen MR) is 82.8 cm³/mol. The Morgan fingerprint density at radius 2 is 1.83 bits per heavy atom. The smallest absolute Gasteiger partial charge is 0.328 e. The Labute approximate surface area is 135 Å². The van der Waals surface area contributed by atoms with Crippen molar-refractivity contribution in [1.29, 1.82) is 0 Å². The molecule has 0 heterocycles. The molecule has 6 heteroatoms. The number of esters is 1. The van der Waals surface area contributed by atoms with Crippen LogP contribution in [0.2, 0.25) is 0 Å². The first kappa shape index (κ1) is 19.1. The zero-order valence-corrected chi connectivity index (χ0v) is 13.5. The fraction of sp³-hybridized carbons (Fsp3) is 0.529. The van der Waals surface area contributed by atoms with Gasteiger partial charge in [-0.3, -0.25) is 4.79 Å². The van der Waals surface area contributed by atoms with Crippen molar-refractivity contribution in [3.05, 3.63) is 35.4 Å². The molecule has 0 fully saturated rings. The summed E-state index contributed by atoms with van der Waals surface area (Å²) in [7, 11) is 1.24. The Kier molecular flexibility index (Phi) is 8.22. The van der Waals surface area contributed by atoms with Gasteiger partial charge >= 0.3 is 5.97 Å². The van der Waals surface area contributed by atoms with Crippen LogP contribution in [0, 0.1) is 11.6 Å². The van der Waals surface area contributed by atoms with Gasteiger partial charge < -0.3 is 10.1 Å². The highest BCUT2D eigenvalue weighted by Crippen LogP contribution is 2.13. The minimum absolute atomic E-state index is 0.306. The molecule has 0 aliphatic carbocycles. The van der Waals surface area contributed by atoms with E-state index in [9.17, 15) is 18.4 Å². The van der Waals surface area contributed by atoms with Gasteiger partial charge in [0.25, 0.3) is 0 Å². The maximum atomic E-state index is 13.5. The summed E-state index contributed by atoms with van der Waals surface area (Å²) in [4.78, 5) is 23.7. The number of unbranched alkanes of at least 4 members (excludes halogenated alkanes) is 3. The molecule has 0 radical (unpaired) electrons. The lowest BCUT2D eigenvalue weighted by Gasteiger charge is -2.16. The number of hydrogen-bond donors (Lipinski definition) is 1. The number of carbonyl (C=O) groups is 2. The fourth-order valence-electron chi connectivity index (χ4n) is 2.27. The molecule has 128 valence electrons. The van der Waals surface area contributed by atoms with E-state index in [0.717, 1.165) is 37.8 Å². The normalized spacial score (nSPS) is 11.8. The molecule has 0 saturated carbocycles. The predicted octanol–water partition coefficient (Wildman–Crippen LogP) is 3.14. The van der Waals surface area contributed by atoms with Crippen LogP contribution in [0.1, 0.15) is 44.6 Å². The number of carbonyl (C=O) groups excluding carboxylic acids is 2. The van der Waals surface area contributed by atoms with Gasteiger partial charge in [-0.1, -0.05) is 38.7 Å². The largest absolute Gasteiger partial charge is 0.467 e. The van der Waals surface area contributed by atoms with Crippen LogP contribution >= 0.6 is 0 Å². The maximum Gasteiger partial charge on any atom is 0.328 e. The van der Waals surface area contributed by atoms with Gasteiger partial charge in [-0.2, -0.15) is 0 Å². The minimum atomic E-state index is -0.792. The first-order valence-electron chi connectivity index (χ1n) is 7.79. The zero-order valence-electron chi connectivity index (χ0n) is 13.5. The summed E-state index contributed by atoms with van der Waals surface area (Å²) in [5.41, 5.74) is -0.306. The van der Waals surface area contributed by atoms with Crippen LogP contribution in [0.4, 0.5) is 8.78 Å². The second kappa shape index (κ2) is 9.92. The maximum absolute atomic E-state index is 13.5. The summed E-state index contributed by atoms with van der Waals surface area (Å²) < 4.78 is 31.8. The van der Waals surface area contributed by atoms with Gasteiger partial charge in [0.2, 0.25) is 5.91 Å².